The van der Waals surface area contributed by atoms with Gasteiger partial charge in [-0.1, -0.05) is 11.8 Å². The van der Waals surface area contributed by atoms with Crippen LogP contribution < -0.4 is 5.32 Å². The molecule has 1 amide bonds. The second kappa shape index (κ2) is 5.69. The summed E-state index contributed by atoms with van der Waals surface area (Å²) < 4.78 is 1.78. The Morgan fingerprint density at radius 1 is 1.43 bits per heavy atom. The number of nitrogens with one attached hydrogen (secondary N) is 1. The number of anilines is 1. The van der Waals surface area contributed by atoms with Gasteiger partial charge in [-0.25, -0.2) is 0 Å². The number of fused-ring (bicyclic) bond motifs is 1. The highest BCUT2D eigenvalue weighted by atomic mass is 32.2. The first kappa shape index (κ1) is 13.8. The molecule has 1 aromatic heterocycles. The van der Waals surface area contributed by atoms with Crippen LogP contribution >= 0.6 is 11.8 Å². The average molecular weight is 302 g/mol. The first-order valence-electron chi connectivity index (χ1n) is 6.56. The van der Waals surface area contributed by atoms with Gasteiger partial charge < -0.3 is 9.88 Å². The molecule has 1 aliphatic heterocycles. The third kappa shape index (κ3) is 2.97. The van der Waals surface area contributed by atoms with E-state index >= 15 is 0 Å². The van der Waals surface area contributed by atoms with E-state index in [0.717, 1.165) is 11.3 Å². The number of rotatable bonds is 4. The van der Waals surface area contributed by atoms with Gasteiger partial charge in [-0.3, -0.25) is 9.59 Å². The first-order chi connectivity index (χ1) is 10.1. The molecule has 0 saturated heterocycles. The van der Waals surface area contributed by atoms with Crippen LogP contribution in [0.4, 0.5) is 5.69 Å². The first-order valence-corrected chi connectivity index (χ1v) is 7.55. The molecule has 0 spiro atoms. The maximum absolute atomic E-state index is 12.2. The number of amides is 1. The molecule has 108 valence electrons. The van der Waals surface area contributed by atoms with Crippen molar-refractivity contribution in [1.82, 2.24) is 14.8 Å². The van der Waals surface area contributed by atoms with Gasteiger partial charge in [-0.2, -0.15) is 0 Å². The van der Waals surface area contributed by atoms with Crippen LogP contribution in [0, 0.1) is 0 Å². The molecule has 1 N–H and O–H groups in total. The second-order valence-corrected chi connectivity index (χ2v) is 5.80. The zero-order valence-corrected chi connectivity index (χ0v) is 12.3. The number of hydrogen-bond donors (Lipinski definition) is 1. The molecule has 3 rings (SSSR count). The molecule has 1 aromatic carbocycles. The summed E-state index contributed by atoms with van der Waals surface area (Å²) in [5.41, 5.74) is 2.49. The predicted octanol–water partition coefficient (Wildman–Crippen LogP) is 1.67. The normalized spacial score (nSPS) is 13.7. The molecular weight excluding hydrogens is 288 g/mol. The summed E-state index contributed by atoms with van der Waals surface area (Å²) in [5.74, 6) is 0.389. The number of hydrogen-bond acceptors (Lipinski definition) is 5. The van der Waals surface area contributed by atoms with E-state index in [4.69, 9.17) is 0 Å². The van der Waals surface area contributed by atoms with Crippen molar-refractivity contribution in [2.45, 2.75) is 18.0 Å². The minimum atomic E-state index is 0.0272. The number of ketones is 1. The maximum atomic E-state index is 12.2. The number of aromatic nitrogens is 3. The van der Waals surface area contributed by atoms with Gasteiger partial charge in [0, 0.05) is 24.7 Å². The molecule has 7 heteroatoms. The molecule has 0 atom stereocenters. The highest BCUT2D eigenvalue weighted by molar-refractivity contribution is 7.99. The summed E-state index contributed by atoms with van der Waals surface area (Å²) in [6.45, 7) is 0. The Morgan fingerprint density at radius 2 is 2.29 bits per heavy atom. The largest absolute Gasteiger partial charge is 0.326 e. The van der Waals surface area contributed by atoms with E-state index < -0.39 is 0 Å². The fraction of sp³-hybridized carbons (Fsp3) is 0.286. The van der Waals surface area contributed by atoms with Crippen molar-refractivity contribution in [3.63, 3.8) is 0 Å². The fourth-order valence-electron chi connectivity index (χ4n) is 2.17. The van der Waals surface area contributed by atoms with Crippen LogP contribution in [-0.2, 0) is 18.3 Å². The van der Waals surface area contributed by atoms with E-state index in [0.29, 0.717) is 29.3 Å². The zero-order valence-electron chi connectivity index (χ0n) is 11.5. The molecular formula is C14H14N4O2S. The molecule has 6 nitrogen and oxygen atoms in total. The van der Waals surface area contributed by atoms with Crippen molar-refractivity contribution in [3.8, 4) is 0 Å². The molecule has 2 aromatic rings. The van der Waals surface area contributed by atoms with E-state index in [1.807, 2.05) is 13.1 Å². The van der Waals surface area contributed by atoms with E-state index in [1.54, 1.807) is 23.0 Å². The van der Waals surface area contributed by atoms with Crippen molar-refractivity contribution in [2.75, 3.05) is 11.1 Å². The zero-order chi connectivity index (χ0) is 14.8. The molecule has 2 heterocycles. The summed E-state index contributed by atoms with van der Waals surface area (Å²) >= 11 is 1.36. The highest BCUT2D eigenvalue weighted by Gasteiger charge is 2.17. The number of Topliss-reactive ketones (excluding diaryl/α,β-unsaturated/α-hetero) is 1. The Hall–Kier alpha value is -2.15. The number of thioether (sulfide) groups is 1. The summed E-state index contributed by atoms with van der Waals surface area (Å²) in [7, 11) is 1.84. The SMILES string of the molecule is Cn1cnnc1SCC(=O)c1ccc2c(c1)CCC(=O)N2. The second-order valence-electron chi connectivity index (χ2n) is 4.86. The Kier molecular flexibility index (Phi) is 3.74. The summed E-state index contributed by atoms with van der Waals surface area (Å²) in [6, 6.07) is 5.42. The highest BCUT2D eigenvalue weighted by Crippen LogP contribution is 2.24. The Labute approximate surface area is 125 Å². The summed E-state index contributed by atoms with van der Waals surface area (Å²) in [4.78, 5) is 23.5. The molecule has 1 aliphatic rings. The van der Waals surface area contributed by atoms with Crippen molar-refractivity contribution in [2.24, 2.45) is 7.05 Å². The topological polar surface area (TPSA) is 76.9 Å². The Bertz CT molecular complexity index is 711. The lowest BCUT2D eigenvalue weighted by Crippen LogP contribution is -2.19. The third-order valence-corrected chi connectivity index (χ3v) is 4.36. The number of aryl methyl sites for hydroxylation is 2. The fourth-order valence-corrected chi connectivity index (χ4v) is 2.96. The number of benzene rings is 1. The van der Waals surface area contributed by atoms with Crippen LogP contribution in [0.15, 0.2) is 29.7 Å². The van der Waals surface area contributed by atoms with Gasteiger partial charge in [-0.15, -0.1) is 10.2 Å². The Morgan fingerprint density at radius 3 is 3.05 bits per heavy atom. The molecule has 0 unspecified atom stereocenters. The number of carbonyl (C=O) groups is 2. The predicted molar refractivity (Wildman–Crippen MR) is 79.5 cm³/mol. The lowest BCUT2D eigenvalue weighted by molar-refractivity contribution is -0.116. The monoisotopic (exact) mass is 302 g/mol. The van der Waals surface area contributed by atoms with Gasteiger partial charge >= 0.3 is 0 Å². The number of nitrogens with zero attached hydrogens (tertiary/aromatic N) is 3. The molecule has 0 bridgehead atoms. The Balaban J connectivity index is 1.70. The van der Waals surface area contributed by atoms with Gasteiger partial charge in [0.1, 0.15) is 6.33 Å². The maximum Gasteiger partial charge on any atom is 0.224 e. The van der Waals surface area contributed by atoms with Gasteiger partial charge in [0.05, 0.1) is 5.75 Å². The van der Waals surface area contributed by atoms with Crippen LogP contribution in [0.25, 0.3) is 0 Å². The van der Waals surface area contributed by atoms with Crippen molar-refractivity contribution >= 4 is 29.1 Å². The molecule has 0 aliphatic carbocycles. The van der Waals surface area contributed by atoms with E-state index in [2.05, 4.69) is 15.5 Å². The minimum Gasteiger partial charge on any atom is -0.326 e. The molecule has 0 saturated carbocycles. The average Bonchev–Trinajstić information content (AvgIpc) is 2.89. The smallest absolute Gasteiger partial charge is 0.224 e. The summed E-state index contributed by atoms with van der Waals surface area (Å²) in [6.07, 6.45) is 2.76. The lowest BCUT2D eigenvalue weighted by Gasteiger charge is -2.17. The summed E-state index contributed by atoms with van der Waals surface area (Å²) in [5, 5.41) is 11.2. The third-order valence-electron chi connectivity index (χ3n) is 3.32. The van der Waals surface area contributed by atoms with Crippen molar-refractivity contribution in [3.05, 3.63) is 35.7 Å². The molecule has 0 radical (unpaired) electrons. The molecule has 21 heavy (non-hydrogen) atoms. The van der Waals surface area contributed by atoms with Crippen LogP contribution in [0.2, 0.25) is 0 Å². The van der Waals surface area contributed by atoms with Gasteiger partial charge in [0.25, 0.3) is 0 Å². The van der Waals surface area contributed by atoms with Crippen molar-refractivity contribution < 1.29 is 9.59 Å². The van der Waals surface area contributed by atoms with E-state index in [9.17, 15) is 9.59 Å². The lowest BCUT2D eigenvalue weighted by atomic mass is 9.99. The van der Waals surface area contributed by atoms with Crippen LogP contribution in [0.1, 0.15) is 22.3 Å². The van der Waals surface area contributed by atoms with E-state index in [1.165, 1.54) is 11.8 Å². The number of carbonyl (C=O) groups excluding carboxylic acids is 2. The van der Waals surface area contributed by atoms with E-state index in [-0.39, 0.29) is 11.7 Å². The van der Waals surface area contributed by atoms with Crippen LogP contribution in [-0.4, -0.2) is 32.2 Å². The minimum absolute atomic E-state index is 0.0272. The van der Waals surface area contributed by atoms with Crippen molar-refractivity contribution in [1.29, 1.82) is 0 Å². The molecule has 0 fully saturated rings. The van der Waals surface area contributed by atoms with Gasteiger partial charge in [-0.05, 0) is 30.2 Å². The van der Waals surface area contributed by atoms with Gasteiger partial charge in [0.15, 0.2) is 10.9 Å². The van der Waals surface area contributed by atoms with Gasteiger partial charge in [0.2, 0.25) is 5.91 Å². The quantitative estimate of drug-likeness (QED) is 0.687. The van der Waals surface area contributed by atoms with Crippen LogP contribution in [0.3, 0.4) is 0 Å². The van der Waals surface area contributed by atoms with Crippen LogP contribution in [0.5, 0.6) is 0 Å². The standard InChI is InChI=1S/C14H14N4O2S/c1-18-8-15-17-14(18)21-7-12(19)10-2-4-11-9(6-10)3-5-13(20)16-11/h2,4,6,8H,3,5,7H2,1H3,(H,16,20).